The number of nitrogens with two attached hydrogens (primary N) is 1. The molecule has 7 heteroatoms. The van der Waals surface area contributed by atoms with Crippen LogP contribution in [0.2, 0.25) is 5.02 Å². The number of anilines is 1. The van der Waals surface area contributed by atoms with Gasteiger partial charge in [-0.2, -0.15) is 0 Å². The van der Waals surface area contributed by atoms with Gasteiger partial charge in [-0.1, -0.05) is 35.9 Å². The van der Waals surface area contributed by atoms with Crippen LogP contribution in [0.5, 0.6) is 0 Å². The van der Waals surface area contributed by atoms with Gasteiger partial charge in [0.25, 0.3) is 5.91 Å². The molecular weight excluding hydrogens is 400 g/mol. The normalized spacial score (nSPS) is 11.6. The fraction of sp³-hybridized carbons (Fsp3) is 0.174. The van der Waals surface area contributed by atoms with Crippen LogP contribution < -0.4 is 11.1 Å². The molecule has 3 N–H and O–H groups in total. The molecule has 1 heterocycles. The zero-order chi connectivity index (χ0) is 21.5. The maximum Gasteiger partial charge on any atom is 0.255 e. The summed E-state index contributed by atoms with van der Waals surface area (Å²) in [5.41, 5.74) is 9.18. The van der Waals surface area contributed by atoms with Crippen molar-refractivity contribution in [3.05, 3.63) is 94.8 Å². The van der Waals surface area contributed by atoms with E-state index < -0.39 is 0 Å². The van der Waals surface area contributed by atoms with E-state index in [0.29, 0.717) is 22.8 Å². The first-order valence-electron chi connectivity index (χ1n) is 9.47. The summed E-state index contributed by atoms with van der Waals surface area (Å²) in [4.78, 5) is 30.3. The van der Waals surface area contributed by atoms with E-state index in [1.165, 1.54) is 0 Å². The van der Waals surface area contributed by atoms with Gasteiger partial charge in [-0.05, 0) is 47.5 Å². The van der Waals surface area contributed by atoms with Crippen molar-refractivity contribution in [2.75, 3.05) is 18.9 Å². The molecule has 30 heavy (non-hydrogen) atoms. The van der Waals surface area contributed by atoms with Crippen LogP contribution in [0.1, 0.15) is 27.5 Å². The smallest absolute Gasteiger partial charge is 0.255 e. The number of pyridine rings is 1. The second-order valence-electron chi connectivity index (χ2n) is 7.00. The number of carbonyl (C=O) groups excluding carboxylic acids is 2. The molecule has 0 fully saturated rings. The van der Waals surface area contributed by atoms with Crippen molar-refractivity contribution >= 4 is 29.1 Å². The summed E-state index contributed by atoms with van der Waals surface area (Å²) in [6.45, 7) is 0.363. The highest BCUT2D eigenvalue weighted by molar-refractivity contribution is 6.30. The van der Waals surface area contributed by atoms with Crippen LogP contribution in [-0.2, 0) is 11.2 Å². The summed E-state index contributed by atoms with van der Waals surface area (Å²) in [5, 5.41) is 3.41. The molecule has 1 atom stereocenters. The summed E-state index contributed by atoms with van der Waals surface area (Å²) in [5.74, 6) is -0.254. The molecule has 0 aliphatic carbocycles. The third-order valence-electron chi connectivity index (χ3n) is 4.68. The van der Waals surface area contributed by atoms with Gasteiger partial charge < -0.3 is 16.0 Å². The van der Waals surface area contributed by atoms with Gasteiger partial charge in [0.1, 0.15) is 0 Å². The van der Waals surface area contributed by atoms with Crippen LogP contribution in [0.3, 0.4) is 0 Å². The molecule has 1 unspecified atom stereocenters. The standard InChI is InChI=1S/C23H23ClN4O2/c1-28(22(29)14-16-3-2-4-19(24)13-16)15-21(25)17-5-7-18(8-6-17)23(30)27-20-9-11-26-12-10-20/h2-13,21H,14-15,25H2,1H3,(H,26,27,30). The number of carbonyl (C=O) groups is 2. The lowest BCUT2D eigenvalue weighted by molar-refractivity contribution is -0.129. The molecule has 154 valence electrons. The predicted octanol–water partition coefficient (Wildman–Crippen LogP) is 3.69. The van der Waals surface area contributed by atoms with E-state index in [4.69, 9.17) is 17.3 Å². The van der Waals surface area contributed by atoms with Gasteiger partial charge in [0, 0.05) is 48.3 Å². The third-order valence-corrected chi connectivity index (χ3v) is 4.92. The lowest BCUT2D eigenvalue weighted by Gasteiger charge is -2.22. The molecule has 2 amide bonds. The number of hydrogen-bond acceptors (Lipinski definition) is 4. The maximum absolute atomic E-state index is 12.5. The molecule has 0 radical (unpaired) electrons. The number of halogens is 1. The van der Waals surface area contributed by atoms with Crippen molar-refractivity contribution in [2.24, 2.45) is 5.73 Å². The molecule has 1 aromatic heterocycles. The Bertz CT molecular complexity index is 1010. The van der Waals surface area contributed by atoms with E-state index in [9.17, 15) is 9.59 Å². The third kappa shape index (κ3) is 5.89. The first kappa shape index (κ1) is 21.5. The van der Waals surface area contributed by atoms with Crippen LogP contribution in [0, 0.1) is 0 Å². The second-order valence-corrected chi connectivity index (χ2v) is 7.44. The minimum absolute atomic E-state index is 0.0407. The molecule has 0 aliphatic heterocycles. The zero-order valence-corrected chi connectivity index (χ0v) is 17.3. The molecule has 0 spiro atoms. The Balaban J connectivity index is 1.56. The second kappa shape index (κ2) is 10.0. The summed E-state index contributed by atoms with van der Waals surface area (Å²) in [7, 11) is 1.73. The van der Waals surface area contributed by atoms with Gasteiger partial charge in [0.2, 0.25) is 5.91 Å². The first-order chi connectivity index (χ1) is 14.4. The number of amides is 2. The lowest BCUT2D eigenvalue weighted by atomic mass is 10.0. The van der Waals surface area contributed by atoms with E-state index in [2.05, 4.69) is 10.3 Å². The molecule has 2 aromatic carbocycles. The topological polar surface area (TPSA) is 88.3 Å². The Morgan fingerprint density at radius 1 is 1.10 bits per heavy atom. The highest BCUT2D eigenvalue weighted by atomic mass is 35.5. The van der Waals surface area contributed by atoms with E-state index in [-0.39, 0.29) is 24.3 Å². The molecule has 0 aliphatic rings. The van der Waals surface area contributed by atoms with Gasteiger partial charge in [0.15, 0.2) is 0 Å². The largest absolute Gasteiger partial charge is 0.344 e. The summed E-state index contributed by atoms with van der Waals surface area (Å²) in [6.07, 6.45) is 3.49. The van der Waals surface area contributed by atoms with Crippen molar-refractivity contribution in [3.8, 4) is 0 Å². The average molecular weight is 423 g/mol. The number of likely N-dealkylation sites (N-methyl/N-ethyl adjacent to an activating group) is 1. The maximum atomic E-state index is 12.5. The number of rotatable bonds is 7. The van der Waals surface area contributed by atoms with Crippen LogP contribution in [0.25, 0.3) is 0 Å². The first-order valence-corrected chi connectivity index (χ1v) is 9.85. The molecule has 0 saturated carbocycles. The number of hydrogen-bond donors (Lipinski definition) is 2. The zero-order valence-electron chi connectivity index (χ0n) is 16.6. The Morgan fingerprint density at radius 3 is 2.47 bits per heavy atom. The lowest BCUT2D eigenvalue weighted by Crippen LogP contribution is -2.35. The molecule has 3 rings (SSSR count). The summed E-state index contributed by atoms with van der Waals surface area (Å²) in [6, 6.07) is 17.4. The Morgan fingerprint density at radius 2 is 1.80 bits per heavy atom. The molecule has 0 bridgehead atoms. The fourth-order valence-corrected chi connectivity index (χ4v) is 3.19. The average Bonchev–Trinajstić information content (AvgIpc) is 2.74. The molecular formula is C23H23ClN4O2. The van der Waals surface area contributed by atoms with Crippen molar-refractivity contribution in [3.63, 3.8) is 0 Å². The van der Waals surface area contributed by atoms with Gasteiger partial charge in [-0.25, -0.2) is 0 Å². The van der Waals surface area contributed by atoms with Crippen molar-refractivity contribution in [2.45, 2.75) is 12.5 Å². The minimum atomic E-state index is -0.365. The SMILES string of the molecule is CN(CC(N)c1ccc(C(=O)Nc2ccncc2)cc1)C(=O)Cc1cccc(Cl)c1. The fourth-order valence-electron chi connectivity index (χ4n) is 2.98. The number of nitrogens with zero attached hydrogens (tertiary/aromatic N) is 2. The minimum Gasteiger partial charge on any atom is -0.344 e. The van der Waals surface area contributed by atoms with Crippen LogP contribution >= 0.6 is 11.6 Å². The number of aromatic nitrogens is 1. The van der Waals surface area contributed by atoms with Crippen molar-refractivity contribution in [1.82, 2.24) is 9.88 Å². The molecule has 6 nitrogen and oxygen atoms in total. The molecule has 0 saturated heterocycles. The van der Waals surface area contributed by atoms with E-state index >= 15 is 0 Å². The Kier molecular flexibility index (Phi) is 7.17. The van der Waals surface area contributed by atoms with E-state index in [0.717, 1.165) is 11.1 Å². The van der Waals surface area contributed by atoms with E-state index in [1.807, 2.05) is 12.1 Å². The van der Waals surface area contributed by atoms with Gasteiger partial charge in [-0.3, -0.25) is 14.6 Å². The van der Waals surface area contributed by atoms with Crippen LogP contribution in [0.15, 0.2) is 73.1 Å². The van der Waals surface area contributed by atoms with Gasteiger partial charge >= 0.3 is 0 Å². The van der Waals surface area contributed by atoms with E-state index in [1.54, 1.807) is 72.9 Å². The Hall–Kier alpha value is -3.22. The Labute approximate surface area is 180 Å². The van der Waals surface area contributed by atoms with Crippen LogP contribution in [-0.4, -0.2) is 35.3 Å². The number of nitrogens with one attached hydrogen (secondary N) is 1. The van der Waals surface area contributed by atoms with Crippen molar-refractivity contribution in [1.29, 1.82) is 0 Å². The molecule has 3 aromatic rings. The number of benzene rings is 2. The predicted molar refractivity (Wildman–Crippen MR) is 118 cm³/mol. The highest BCUT2D eigenvalue weighted by Crippen LogP contribution is 2.16. The summed E-state index contributed by atoms with van der Waals surface area (Å²) < 4.78 is 0. The monoisotopic (exact) mass is 422 g/mol. The van der Waals surface area contributed by atoms with Gasteiger partial charge in [0.05, 0.1) is 6.42 Å². The van der Waals surface area contributed by atoms with Crippen LogP contribution in [0.4, 0.5) is 5.69 Å². The highest BCUT2D eigenvalue weighted by Gasteiger charge is 2.15. The quantitative estimate of drug-likeness (QED) is 0.607. The van der Waals surface area contributed by atoms with Gasteiger partial charge in [-0.15, -0.1) is 0 Å². The van der Waals surface area contributed by atoms with Crippen molar-refractivity contribution < 1.29 is 9.59 Å². The summed E-state index contributed by atoms with van der Waals surface area (Å²) >= 11 is 5.98.